The number of carbonyl (C=O) groups excluding carboxylic acids is 1. The summed E-state index contributed by atoms with van der Waals surface area (Å²) in [5, 5.41) is 12.4. The second-order valence-electron chi connectivity index (χ2n) is 4.87. The molecule has 0 aliphatic heterocycles. The Labute approximate surface area is 127 Å². The minimum Gasteiger partial charge on any atom is -0.271 e. The number of hydrogen-bond acceptors (Lipinski definition) is 4. The minimum atomic E-state index is -0.273. The van der Waals surface area contributed by atoms with E-state index in [0.29, 0.717) is 0 Å². The number of aromatic nitrogens is 3. The molecule has 0 saturated heterocycles. The van der Waals surface area contributed by atoms with Crippen molar-refractivity contribution in [3.8, 4) is 0 Å². The van der Waals surface area contributed by atoms with E-state index in [4.69, 9.17) is 0 Å². The number of nitrogens with zero attached hydrogens (tertiary/aromatic N) is 4. The summed E-state index contributed by atoms with van der Waals surface area (Å²) < 4.78 is 0. The highest BCUT2D eigenvalue weighted by atomic mass is 16.2. The first-order chi connectivity index (χ1) is 10.7. The fourth-order valence-corrected chi connectivity index (χ4v) is 2.04. The van der Waals surface area contributed by atoms with E-state index in [0.717, 1.165) is 22.2 Å². The molecule has 3 aromatic rings. The van der Waals surface area contributed by atoms with Crippen molar-refractivity contribution in [2.75, 3.05) is 0 Å². The van der Waals surface area contributed by atoms with Gasteiger partial charge in [-0.05, 0) is 30.2 Å². The van der Waals surface area contributed by atoms with Gasteiger partial charge in [0.05, 0.1) is 6.21 Å². The Morgan fingerprint density at radius 1 is 1.14 bits per heavy atom. The lowest BCUT2D eigenvalue weighted by Crippen LogP contribution is -2.24. The van der Waals surface area contributed by atoms with E-state index in [1.165, 1.54) is 4.80 Å². The first-order valence-corrected chi connectivity index (χ1v) is 6.90. The molecule has 0 fully saturated rings. The highest BCUT2D eigenvalue weighted by molar-refractivity contribution is 5.83. The quantitative estimate of drug-likeness (QED) is 0.590. The molecule has 1 aromatic heterocycles. The first kappa shape index (κ1) is 13.9. The first-order valence-electron chi connectivity index (χ1n) is 6.90. The van der Waals surface area contributed by atoms with Gasteiger partial charge in [0.1, 0.15) is 17.6 Å². The van der Waals surface area contributed by atoms with Crippen LogP contribution in [0.1, 0.15) is 11.1 Å². The zero-order chi connectivity index (χ0) is 15.4. The van der Waals surface area contributed by atoms with Crippen molar-refractivity contribution in [2.24, 2.45) is 5.10 Å². The number of amides is 1. The summed E-state index contributed by atoms with van der Waals surface area (Å²) in [5.41, 5.74) is 6.07. The van der Waals surface area contributed by atoms with Crippen LogP contribution in [0.4, 0.5) is 0 Å². The lowest BCUT2D eigenvalue weighted by Gasteiger charge is -2.00. The van der Waals surface area contributed by atoms with Crippen molar-refractivity contribution in [3.05, 3.63) is 59.7 Å². The molecule has 6 heteroatoms. The Morgan fingerprint density at radius 3 is 2.45 bits per heavy atom. The summed E-state index contributed by atoms with van der Waals surface area (Å²) >= 11 is 0. The molecular formula is C16H15N5O. The third-order valence-corrected chi connectivity index (χ3v) is 3.19. The van der Waals surface area contributed by atoms with Crippen LogP contribution in [0.3, 0.4) is 0 Å². The number of hydrogen-bond donors (Lipinski definition) is 1. The average Bonchev–Trinajstić information content (AvgIpc) is 2.91. The number of fused-ring (bicyclic) bond motifs is 1. The summed E-state index contributed by atoms with van der Waals surface area (Å²) in [6, 6.07) is 15.3. The zero-order valence-electron chi connectivity index (χ0n) is 12.1. The molecule has 0 aliphatic carbocycles. The minimum absolute atomic E-state index is 0.0276. The van der Waals surface area contributed by atoms with Gasteiger partial charge in [0.2, 0.25) is 0 Å². The summed E-state index contributed by atoms with van der Waals surface area (Å²) in [6.45, 7) is 2.02. The van der Waals surface area contributed by atoms with Crippen molar-refractivity contribution in [1.29, 1.82) is 0 Å². The summed E-state index contributed by atoms with van der Waals surface area (Å²) in [6.07, 6.45) is 1.63. The van der Waals surface area contributed by atoms with Gasteiger partial charge in [-0.3, -0.25) is 4.79 Å². The predicted molar refractivity (Wildman–Crippen MR) is 84.4 cm³/mol. The molecule has 0 atom stereocenters. The topological polar surface area (TPSA) is 72.2 Å². The fourth-order valence-electron chi connectivity index (χ4n) is 2.04. The highest BCUT2D eigenvalue weighted by Gasteiger charge is 2.06. The Bertz CT molecular complexity index is 804. The monoisotopic (exact) mass is 293 g/mol. The van der Waals surface area contributed by atoms with E-state index in [9.17, 15) is 4.79 Å². The van der Waals surface area contributed by atoms with Gasteiger partial charge in [0.15, 0.2) is 0 Å². The number of nitrogens with one attached hydrogen (secondary N) is 1. The standard InChI is InChI=1S/C16H15N5O/c1-12-6-2-3-7-13(12)10-17-18-16(22)11-21-19-14-8-4-5-9-15(14)20-21/h2-10H,11H2,1H3,(H,18,22)/b17-10+. The van der Waals surface area contributed by atoms with Gasteiger partial charge in [-0.2, -0.15) is 20.1 Å². The van der Waals surface area contributed by atoms with Gasteiger partial charge < -0.3 is 0 Å². The van der Waals surface area contributed by atoms with Crippen LogP contribution >= 0.6 is 0 Å². The second-order valence-corrected chi connectivity index (χ2v) is 4.87. The Morgan fingerprint density at radius 2 is 1.77 bits per heavy atom. The SMILES string of the molecule is Cc1ccccc1/C=N/NC(=O)Cn1nc2ccccc2n1. The van der Waals surface area contributed by atoms with E-state index >= 15 is 0 Å². The van der Waals surface area contributed by atoms with Gasteiger partial charge in [-0.1, -0.05) is 36.4 Å². The smallest absolute Gasteiger partial charge is 0.263 e. The van der Waals surface area contributed by atoms with Gasteiger partial charge in [-0.25, -0.2) is 5.43 Å². The Kier molecular flexibility index (Phi) is 3.91. The van der Waals surface area contributed by atoms with Crippen LogP contribution in [0.25, 0.3) is 11.0 Å². The van der Waals surface area contributed by atoms with Crippen LogP contribution in [0.15, 0.2) is 53.6 Å². The van der Waals surface area contributed by atoms with E-state index in [-0.39, 0.29) is 12.5 Å². The summed E-state index contributed by atoms with van der Waals surface area (Å²) in [7, 11) is 0. The van der Waals surface area contributed by atoms with Gasteiger partial charge in [0.25, 0.3) is 5.91 Å². The van der Waals surface area contributed by atoms with Gasteiger partial charge in [0, 0.05) is 0 Å². The molecule has 1 heterocycles. The maximum Gasteiger partial charge on any atom is 0.263 e. The largest absolute Gasteiger partial charge is 0.271 e. The molecule has 0 spiro atoms. The molecule has 0 bridgehead atoms. The van der Waals surface area contributed by atoms with Crippen molar-refractivity contribution >= 4 is 23.2 Å². The number of rotatable bonds is 4. The highest BCUT2D eigenvalue weighted by Crippen LogP contribution is 2.06. The molecule has 6 nitrogen and oxygen atoms in total. The molecule has 0 radical (unpaired) electrons. The Hall–Kier alpha value is -3.02. The van der Waals surface area contributed by atoms with Crippen molar-refractivity contribution < 1.29 is 4.79 Å². The molecule has 0 aliphatic rings. The molecule has 22 heavy (non-hydrogen) atoms. The molecule has 1 N–H and O–H groups in total. The van der Waals surface area contributed by atoms with Crippen LogP contribution in [-0.4, -0.2) is 27.1 Å². The van der Waals surface area contributed by atoms with Crippen LogP contribution in [0, 0.1) is 6.92 Å². The third kappa shape index (κ3) is 3.17. The van der Waals surface area contributed by atoms with Crippen LogP contribution in [0.2, 0.25) is 0 Å². The van der Waals surface area contributed by atoms with E-state index in [2.05, 4.69) is 20.7 Å². The van der Waals surface area contributed by atoms with Crippen LogP contribution in [0.5, 0.6) is 0 Å². The number of aryl methyl sites for hydroxylation is 1. The summed E-state index contributed by atoms with van der Waals surface area (Å²) in [4.78, 5) is 13.2. The predicted octanol–water partition coefficient (Wildman–Crippen LogP) is 1.89. The maximum absolute atomic E-state index is 11.8. The zero-order valence-corrected chi connectivity index (χ0v) is 12.1. The van der Waals surface area contributed by atoms with Crippen molar-refractivity contribution in [3.63, 3.8) is 0 Å². The lowest BCUT2D eigenvalue weighted by atomic mass is 10.1. The maximum atomic E-state index is 11.8. The normalized spacial score (nSPS) is 11.1. The molecule has 2 aromatic carbocycles. The van der Waals surface area contributed by atoms with Crippen molar-refractivity contribution in [1.82, 2.24) is 20.4 Å². The lowest BCUT2D eigenvalue weighted by molar-refractivity contribution is -0.122. The van der Waals surface area contributed by atoms with E-state index in [1.54, 1.807) is 6.21 Å². The molecule has 0 saturated carbocycles. The third-order valence-electron chi connectivity index (χ3n) is 3.19. The van der Waals surface area contributed by atoms with E-state index in [1.807, 2.05) is 55.5 Å². The molecular weight excluding hydrogens is 278 g/mol. The fraction of sp³-hybridized carbons (Fsp3) is 0.125. The van der Waals surface area contributed by atoms with E-state index < -0.39 is 0 Å². The average molecular weight is 293 g/mol. The van der Waals surface area contributed by atoms with Gasteiger partial charge in [-0.15, -0.1) is 0 Å². The molecule has 110 valence electrons. The Balaban J connectivity index is 1.62. The molecule has 3 rings (SSSR count). The van der Waals surface area contributed by atoms with Crippen molar-refractivity contribution in [2.45, 2.75) is 13.5 Å². The number of hydrazone groups is 1. The molecule has 1 amide bonds. The van der Waals surface area contributed by atoms with Gasteiger partial charge >= 0.3 is 0 Å². The van der Waals surface area contributed by atoms with Crippen LogP contribution in [-0.2, 0) is 11.3 Å². The molecule has 0 unspecified atom stereocenters. The van der Waals surface area contributed by atoms with Crippen LogP contribution < -0.4 is 5.43 Å². The number of carbonyl (C=O) groups is 1. The number of benzene rings is 2. The second kappa shape index (κ2) is 6.17. The summed E-state index contributed by atoms with van der Waals surface area (Å²) in [5.74, 6) is -0.273.